The van der Waals surface area contributed by atoms with Crippen molar-refractivity contribution in [2.75, 3.05) is 0 Å². The molecule has 1 amide bonds. The molecule has 0 aromatic heterocycles. The van der Waals surface area contributed by atoms with E-state index in [1.807, 2.05) is 6.07 Å². The lowest BCUT2D eigenvalue weighted by atomic mass is 9.91. The minimum atomic E-state index is -2.90. The second kappa shape index (κ2) is 8.08. The van der Waals surface area contributed by atoms with Gasteiger partial charge in [0.2, 0.25) is 5.92 Å². The minimum Gasteiger partial charge on any atom is -0.480 e. The summed E-state index contributed by atoms with van der Waals surface area (Å²) in [7, 11) is 0. The van der Waals surface area contributed by atoms with Crippen molar-refractivity contribution in [3.05, 3.63) is 35.9 Å². The van der Waals surface area contributed by atoms with Crippen LogP contribution in [0.25, 0.3) is 0 Å². The van der Waals surface area contributed by atoms with Gasteiger partial charge in [-0.25, -0.2) is 18.4 Å². The number of rotatable bonds is 5. The van der Waals surface area contributed by atoms with Crippen molar-refractivity contribution in [3.63, 3.8) is 0 Å². The van der Waals surface area contributed by atoms with Gasteiger partial charge in [0.05, 0.1) is 0 Å². The zero-order valence-electron chi connectivity index (χ0n) is 13.2. The number of nitrogens with one attached hydrogen (secondary N) is 1. The molecule has 1 aliphatic rings. The molecule has 2 N–H and O–H groups in total. The molecule has 0 heterocycles. The zero-order valence-corrected chi connectivity index (χ0v) is 13.2. The van der Waals surface area contributed by atoms with Crippen molar-refractivity contribution in [3.8, 4) is 0 Å². The van der Waals surface area contributed by atoms with Crippen LogP contribution in [0.15, 0.2) is 30.3 Å². The molecule has 0 spiro atoms. The van der Waals surface area contributed by atoms with Gasteiger partial charge in [-0.1, -0.05) is 36.8 Å². The lowest BCUT2D eigenvalue weighted by Gasteiger charge is -2.25. The average Bonchev–Trinajstić information content (AvgIpc) is 2.72. The summed E-state index contributed by atoms with van der Waals surface area (Å²) in [5, 5.41) is 11.5. The van der Waals surface area contributed by atoms with Gasteiger partial charge >= 0.3 is 12.1 Å². The van der Waals surface area contributed by atoms with Crippen molar-refractivity contribution in [2.24, 2.45) is 5.92 Å². The molecule has 1 aromatic rings. The van der Waals surface area contributed by atoms with E-state index in [-0.39, 0.29) is 13.0 Å². The fraction of sp³-hybridized carbons (Fsp3) is 0.529. The number of carbonyl (C=O) groups is 2. The summed E-state index contributed by atoms with van der Waals surface area (Å²) in [6.07, 6.45) is -0.485. The number of amides is 1. The van der Waals surface area contributed by atoms with Crippen molar-refractivity contribution >= 4 is 12.1 Å². The molecule has 132 valence electrons. The van der Waals surface area contributed by atoms with Gasteiger partial charge in [-0.3, -0.25) is 0 Å². The van der Waals surface area contributed by atoms with E-state index < -0.39 is 36.4 Å². The SMILES string of the molecule is O=C(NC(C(=O)O)C1CCCCC(F)(F)C1)OCc1ccccc1. The number of alkyl carbamates (subject to hydrolysis) is 1. The van der Waals surface area contributed by atoms with Gasteiger partial charge in [0.25, 0.3) is 0 Å². The van der Waals surface area contributed by atoms with Crippen LogP contribution in [0.3, 0.4) is 0 Å². The van der Waals surface area contributed by atoms with Gasteiger partial charge < -0.3 is 15.2 Å². The highest BCUT2D eigenvalue weighted by molar-refractivity contribution is 5.80. The number of alkyl halides is 2. The Labute approximate surface area is 139 Å². The third-order valence-electron chi connectivity index (χ3n) is 4.15. The Morgan fingerprint density at radius 2 is 2.00 bits per heavy atom. The molecule has 1 fully saturated rings. The summed E-state index contributed by atoms with van der Waals surface area (Å²) >= 11 is 0. The van der Waals surface area contributed by atoms with Crippen LogP contribution in [0.2, 0.25) is 0 Å². The third-order valence-corrected chi connectivity index (χ3v) is 4.15. The second-order valence-corrected chi connectivity index (χ2v) is 6.09. The van der Waals surface area contributed by atoms with Crippen molar-refractivity contribution in [1.29, 1.82) is 0 Å². The lowest BCUT2D eigenvalue weighted by Crippen LogP contribution is -2.47. The predicted molar refractivity (Wildman–Crippen MR) is 82.7 cm³/mol. The van der Waals surface area contributed by atoms with E-state index >= 15 is 0 Å². The molecule has 5 nitrogen and oxygen atoms in total. The summed E-state index contributed by atoms with van der Waals surface area (Å²) in [6, 6.07) is 7.52. The van der Waals surface area contributed by atoms with Crippen LogP contribution in [0.4, 0.5) is 13.6 Å². The monoisotopic (exact) mass is 341 g/mol. The Morgan fingerprint density at radius 3 is 2.67 bits per heavy atom. The van der Waals surface area contributed by atoms with Crippen molar-refractivity contribution in [2.45, 2.75) is 50.7 Å². The van der Waals surface area contributed by atoms with Crippen LogP contribution >= 0.6 is 0 Å². The van der Waals surface area contributed by atoms with Gasteiger partial charge in [-0.15, -0.1) is 0 Å². The molecule has 0 aliphatic heterocycles. The van der Waals surface area contributed by atoms with Crippen LogP contribution in [0.5, 0.6) is 0 Å². The van der Waals surface area contributed by atoms with Crippen LogP contribution < -0.4 is 5.32 Å². The molecule has 2 unspecified atom stereocenters. The van der Waals surface area contributed by atoms with Gasteiger partial charge in [0, 0.05) is 12.8 Å². The maximum absolute atomic E-state index is 13.7. The molecule has 0 bridgehead atoms. The number of carbonyl (C=O) groups excluding carboxylic acids is 1. The topological polar surface area (TPSA) is 75.6 Å². The van der Waals surface area contributed by atoms with E-state index in [1.54, 1.807) is 24.3 Å². The van der Waals surface area contributed by atoms with Crippen LogP contribution in [-0.4, -0.2) is 29.1 Å². The number of hydrogen-bond donors (Lipinski definition) is 2. The summed E-state index contributed by atoms with van der Waals surface area (Å²) in [6.45, 7) is -0.0140. The fourth-order valence-corrected chi connectivity index (χ4v) is 2.94. The molecule has 24 heavy (non-hydrogen) atoms. The maximum Gasteiger partial charge on any atom is 0.408 e. The molecule has 0 radical (unpaired) electrons. The summed E-state index contributed by atoms with van der Waals surface area (Å²) in [4.78, 5) is 23.3. The number of carboxylic acid groups (broad SMARTS) is 1. The number of carboxylic acids is 1. The Morgan fingerprint density at radius 1 is 1.29 bits per heavy atom. The van der Waals surface area contributed by atoms with E-state index in [4.69, 9.17) is 4.74 Å². The molecular formula is C17H21F2NO4. The smallest absolute Gasteiger partial charge is 0.408 e. The van der Waals surface area contributed by atoms with E-state index in [1.165, 1.54) is 0 Å². The first-order valence-corrected chi connectivity index (χ1v) is 7.95. The van der Waals surface area contributed by atoms with Crippen molar-refractivity contribution in [1.82, 2.24) is 5.32 Å². The molecule has 7 heteroatoms. The minimum absolute atomic E-state index is 0.0140. The Kier molecular flexibility index (Phi) is 6.11. The largest absolute Gasteiger partial charge is 0.480 e. The fourth-order valence-electron chi connectivity index (χ4n) is 2.94. The highest BCUT2D eigenvalue weighted by Crippen LogP contribution is 2.36. The van der Waals surface area contributed by atoms with Gasteiger partial charge in [-0.05, 0) is 24.3 Å². The van der Waals surface area contributed by atoms with Crippen molar-refractivity contribution < 1.29 is 28.2 Å². The molecule has 2 rings (SSSR count). The number of halogens is 2. The molecule has 1 aliphatic carbocycles. The van der Waals surface area contributed by atoms with Crippen LogP contribution in [0, 0.1) is 5.92 Å². The highest BCUT2D eigenvalue weighted by atomic mass is 19.3. The number of ether oxygens (including phenoxy) is 1. The molecule has 0 saturated heterocycles. The van der Waals surface area contributed by atoms with Gasteiger partial charge in [0.15, 0.2) is 0 Å². The molecule has 1 saturated carbocycles. The second-order valence-electron chi connectivity index (χ2n) is 6.09. The third kappa shape index (κ3) is 5.47. The molecular weight excluding hydrogens is 320 g/mol. The van der Waals surface area contributed by atoms with Crippen LogP contribution in [0.1, 0.15) is 37.7 Å². The molecule has 1 aromatic carbocycles. The normalized spacial score (nSPS) is 21.3. The first kappa shape index (κ1) is 18.2. The Bertz CT molecular complexity index is 565. The van der Waals surface area contributed by atoms with Crippen LogP contribution in [-0.2, 0) is 16.1 Å². The van der Waals surface area contributed by atoms with Gasteiger partial charge in [0.1, 0.15) is 12.6 Å². The highest BCUT2D eigenvalue weighted by Gasteiger charge is 2.40. The summed E-state index contributed by atoms with van der Waals surface area (Å²) in [5.74, 6) is -5.04. The number of aliphatic carboxylic acids is 1. The van der Waals surface area contributed by atoms with E-state index in [9.17, 15) is 23.5 Å². The first-order valence-electron chi connectivity index (χ1n) is 7.95. The zero-order chi connectivity index (χ0) is 17.6. The summed E-state index contributed by atoms with van der Waals surface area (Å²) < 4.78 is 32.4. The van der Waals surface area contributed by atoms with E-state index in [0.29, 0.717) is 19.3 Å². The quantitative estimate of drug-likeness (QED) is 0.803. The van der Waals surface area contributed by atoms with E-state index in [0.717, 1.165) is 5.56 Å². The number of hydrogen-bond acceptors (Lipinski definition) is 3. The Balaban J connectivity index is 1.94. The van der Waals surface area contributed by atoms with E-state index in [2.05, 4.69) is 5.32 Å². The first-order chi connectivity index (χ1) is 11.4. The standard InChI is InChI=1S/C17H21F2NO4/c18-17(19)9-5-4-8-13(10-17)14(15(21)22)20-16(23)24-11-12-6-2-1-3-7-12/h1-3,6-7,13-14H,4-5,8-11H2,(H,20,23)(H,21,22). The number of benzene rings is 1. The predicted octanol–water partition coefficient (Wildman–Crippen LogP) is 3.58. The van der Waals surface area contributed by atoms with Gasteiger partial charge in [-0.2, -0.15) is 0 Å². The Hall–Kier alpha value is -2.18. The maximum atomic E-state index is 13.7. The molecule has 2 atom stereocenters. The lowest BCUT2D eigenvalue weighted by molar-refractivity contribution is -0.141. The summed E-state index contributed by atoms with van der Waals surface area (Å²) in [5.41, 5.74) is 0.750. The average molecular weight is 341 g/mol.